The van der Waals surface area contributed by atoms with Crippen molar-refractivity contribution in [1.82, 2.24) is 9.13 Å². The van der Waals surface area contributed by atoms with Crippen LogP contribution in [0, 0.1) is 6.92 Å². The van der Waals surface area contributed by atoms with E-state index in [0.29, 0.717) is 11.4 Å². The second-order valence-electron chi connectivity index (χ2n) is 6.39. The van der Waals surface area contributed by atoms with Crippen LogP contribution in [0.15, 0.2) is 70.5 Å². The molecule has 0 saturated carbocycles. The number of nitrogens with zero attached hydrogens (tertiary/aromatic N) is 2. The molecule has 1 N–H and O–H groups in total. The van der Waals surface area contributed by atoms with Gasteiger partial charge in [-0.15, -0.1) is 0 Å². The molecule has 1 heterocycles. The Morgan fingerprint density at radius 1 is 1.00 bits per heavy atom. The van der Waals surface area contributed by atoms with E-state index in [1.165, 1.54) is 17.0 Å². The molecule has 3 aromatic rings. The van der Waals surface area contributed by atoms with Gasteiger partial charge in [-0.2, -0.15) is 0 Å². The van der Waals surface area contributed by atoms with Crippen LogP contribution in [0.1, 0.15) is 11.1 Å². The van der Waals surface area contributed by atoms with Crippen LogP contribution in [-0.2, 0) is 17.9 Å². The first kappa shape index (κ1) is 19.2. The van der Waals surface area contributed by atoms with Crippen LogP contribution in [0.25, 0.3) is 0 Å². The van der Waals surface area contributed by atoms with Gasteiger partial charge < -0.3 is 14.6 Å². The zero-order valence-electron chi connectivity index (χ0n) is 15.7. The van der Waals surface area contributed by atoms with Crippen molar-refractivity contribution in [2.24, 2.45) is 0 Å². The van der Waals surface area contributed by atoms with Crippen molar-refractivity contribution in [3.8, 4) is 5.75 Å². The molecular weight excluding hydrogens is 358 g/mol. The molecule has 7 heteroatoms. The van der Waals surface area contributed by atoms with Gasteiger partial charge in [0.2, 0.25) is 5.91 Å². The molecule has 2 aromatic carbocycles. The number of para-hydroxylation sites is 1. The first-order chi connectivity index (χ1) is 13.5. The van der Waals surface area contributed by atoms with Crippen LogP contribution in [0.4, 0.5) is 5.69 Å². The van der Waals surface area contributed by atoms with Gasteiger partial charge in [0.15, 0.2) is 0 Å². The van der Waals surface area contributed by atoms with Gasteiger partial charge in [0.05, 0.1) is 13.7 Å². The predicted molar refractivity (Wildman–Crippen MR) is 107 cm³/mol. The fourth-order valence-electron chi connectivity index (χ4n) is 2.89. The van der Waals surface area contributed by atoms with Crippen LogP contribution in [-0.4, -0.2) is 22.2 Å². The predicted octanol–water partition coefficient (Wildman–Crippen LogP) is 2.01. The molecule has 0 aliphatic carbocycles. The summed E-state index contributed by atoms with van der Waals surface area (Å²) >= 11 is 0. The number of methoxy groups -OCH3 is 1. The molecule has 0 aliphatic rings. The Kier molecular flexibility index (Phi) is 5.74. The second kappa shape index (κ2) is 8.39. The van der Waals surface area contributed by atoms with E-state index in [9.17, 15) is 14.4 Å². The van der Waals surface area contributed by atoms with Gasteiger partial charge in [0.25, 0.3) is 0 Å². The lowest BCUT2D eigenvalue weighted by atomic mass is 10.2. The van der Waals surface area contributed by atoms with Crippen LogP contribution >= 0.6 is 0 Å². The zero-order valence-corrected chi connectivity index (χ0v) is 15.7. The number of benzene rings is 2. The standard InChI is InChI=1S/C21H21N3O4/c1-15-6-5-8-17(12-15)22-19(25)14-24-11-10-23(20(26)21(24)27)13-16-7-3-4-9-18(16)28-2/h3-12H,13-14H2,1-2H3,(H,22,25). The first-order valence-electron chi connectivity index (χ1n) is 8.76. The topological polar surface area (TPSA) is 82.3 Å². The maximum Gasteiger partial charge on any atom is 0.316 e. The number of anilines is 1. The Hall–Kier alpha value is -3.61. The molecule has 1 amide bonds. The molecule has 3 rings (SSSR count). The van der Waals surface area contributed by atoms with Crippen molar-refractivity contribution in [3.63, 3.8) is 0 Å². The summed E-state index contributed by atoms with van der Waals surface area (Å²) < 4.78 is 7.68. The fourth-order valence-corrected chi connectivity index (χ4v) is 2.89. The van der Waals surface area contributed by atoms with Crippen molar-refractivity contribution < 1.29 is 9.53 Å². The summed E-state index contributed by atoms with van der Waals surface area (Å²) in [7, 11) is 1.55. The van der Waals surface area contributed by atoms with Gasteiger partial charge >= 0.3 is 11.1 Å². The van der Waals surface area contributed by atoms with Crippen molar-refractivity contribution >= 4 is 11.6 Å². The van der Waals surface area contributed by atoms with Crippen LogP contribution in [0.2, 0.25) is 0 Å². The van der Waals surface area contributed by atoms with Crippen molar-refractivity contribution in [2.75, 3.05) is 12.4 Å². The molecule has 28 heavy (non-hydrogen) atoms. The normalized spacial score (nSPS) is 10.5. The summed E-state index contributed by atoms with van der Waals surface area (Å²) in [6, 6.07) is 14.6. The maximum atomic E-state index is 12.4. The van der Waals surface area contributed by atoms with Gasteiger partial charge in [0.1, 0.15) is 12.3 Å². The molecule has 1 aromatic heterocycles. The Bertz CT molecular complexity index is 1110. The number of ether oxygens (including phenoxy) is 1. The lowest BCUT2D eigenvalue weighted by Gasteiger charge is -2.12. The molecule has 0 aliphatic heterocycles. The molecule has 0 atom stereocenters. The summed E-state index contributed by atoms with van der Waals surface area (Å²) in [6.45, 7) is 1.88. The Labute approximate surface area is 161 Å². The van der Waals surface area contributed by atoms with E-state index in [2.05, 4.69) is 5.32 Å². The van der Waals surface area contributed by atoms with Gasteiger partial charge in [-0.25, -0.2) is 0 Å². The summed E-state index contributed by atoms with van der Waals surface area (Å²) in [5.41, 5.74) is 0.978. The van der Waals surface area contributed by atoms with Gasteiger partial charge in [0, 0.05) is 23.6 Å². The number of aryl methyl sites for hydroxylation is 1. The molecular formula is C21H21N3O4. The monoisotopic (exact) mass is 379 g/mol. The quantitative estimate of drug-likeness (QED) is 0.664. The first-order valence-corrected chi connectivity index (χ1v) is 8.76. The van der Waals surface area contributed by atoms with Crippen molar-refractivity contribution in [2.45, 2.75) is 20.0 Å². The van der Waals surface area contributed by atoms with E-state index in [4.69, 9.17) is 4.74 Å². The SMILES string of the molecule is COc1ccccc1Cn1ccn(CC(=O)Nc2cccc(C)c2)c(=O)c1=O. The third-order valence-corrected chi connectivity index (χ3v) is 4.28. The number of rotatable bonds is 6. The highest BCUT2D eigenvalue weighted by Gasteiger charge is 2.11. The van der Waals surface area contributed by atoms with Crippen molar-refractivity contribution in [1.29, 1.82) is 0 Å². The Morgan fingerprint density at radius 3 is 2.46 bits per heavy atom. The fraction of sp³-hybridized carbons (Fsp3) is 0.190. The van der Waals surface area contributed by atoms with E-state index in [1.807, 2.05) is 43.3 Å². The summed E-state index contributed by atoms with van der Waals surface area (Å²) in [5.74, 6) is 0.255. The third kappa shape index (κ3) is 4.37. The molecule has 0 spiro atoms. The number of hydrogen-bond donors (Lipinski definition) is 1. The number of amides is 1. The van der Waals surface area contributed by atoms with E-state index >= 15 is 0 Å². The Balaban J connectivity index is 1.77. The zero-order chi connectivity index (χ0) is 20.1. The average Bonchev–Trinajstić information content (AvgIpc) is 2.68. The summed E-state index contributed by atoms with van der Waals surface area (Å²) in [6.07, 6.45) is 2.94. The van der Waals surface area contributed by atoms with Crippen molar-refractivity contribution in [3.05, 3.63) is 92.8 Å². The highest BCUT2D eigenvalue weighted by molar-refractivity contribution is 5.90. The van der Waals surface area contributed by atoms with Crippen LogP contribution in [0.5, 0.6) is 5.75 Å². The maximum absolute atomic E-state index is 12.4. The lowest BCUT2D eigenvalue weighted by molar-refractivity contribution is -0.116. The number of nitrogens with one attached hydrogen (secondary N) is 1. The molecule has 0 saturated heterocycles. The van der Waals surface area contributed by atoms with Gasteiger partial charge in [-0.1, -0.05) is 30.3 Å². The number of carbonyl (C=O) groups is 1. The minimum atomic E-state index is -0.753. The smallest absolute Gasteiger partial charge is 0.316 e. The number of carbonyl (C=O) groups excluding carboxylic acids is 1. The summed E-state index contributed by atoms with van der Waals surface area (Å²) in [4.78, 5) is 37.0. The second-order valence-corrected chi connectivity index (χ2v) is 6.39. The molecule has 7 nitrogen and oxygen atoms in total. The van der Waals surface area contributed by atoms with Crippen LogP contribution < -0.4 is 21.2 Å². The van der Waals surface area contributed by atoms with E-state index < -0.39 is 11.1 Å². The highest BCUT2D eigenvalue weighted by atomic mass is 16.5. The minimum Gasteiger partial charge on any atom is -0.496 e. The van der Waals surface area contributed by atoms with E-state index in [0.717, 1.165) is 15.7 Å². The minimum absolute atomic E-state index is 0.203. The molecule has 0 radical (unpaired) electrons. The summed E-state index contributed by atoms with van der Waals surface area (Å²) in [5, 5.41) is 2.72. The largest absolute Gasteiger partial charge is 0.496 e. The lowest BCUT2D eigenvalue weighted by Crippen LogP contribution is -2.42. The van der Waals surface area contributed by atoms with E-state index in [-0.39, 0.29) is 19.0 Å². The third-order valence-electron chi connectivity index (χ3n) is 4.28. The molecule has 0 unspecified atom stereocenters. The number of aromatic nitrogens is 2. The molecule has 144 valence electrons. The van der Waals surface area contributed by atoms with Gasteiger partial charge in [-0.05, 0) is 30.7 Å². The number of hydrogen-bond acceptors (Lipinski definition) is 4. The van der Waals surface area contributed by atoms with Crippen LogP contribution in [0.3, 0.4) is 0 Å². The Morgan fingerprint density at radius 2 is 1.71 bits per heavy atom. The van der Waals surface area contributed by atoms with Gasteiger partial charge in [-0.3, -0.25) is 19.0 Å². The molecule has 0 bridgehead atoms. The highest BCUT2D eigenvalue weighted by Crippen LogP contribution is 2.17. The molecule has 0 fully saturated rings. The van der Waals surface area contributed by atoms with E-state index in [1.54, 1.807) is 19.2 Å². The average molecular weight is 379 g/mol.